The molecule has 1 saturated heterocycles. The van der Waals surface area contributed by atoms with Crippen LogP contribution in [0, 0.1) is 0 Å². The molecule has 126 valence electrons. The zero-order valence-electron chi connectivity index (χ0n) is 13.8. The molecule has 1 aliphatic heterocycles. The summed E-state index contributed by atoms with van der Waals surface area (Å²) in [4.78, 5) is 27.4. The minimum absolute atomic E-state index is 0.00813. The van der Waals surface area contributed by atoms with Gasteiger partial charge in [0.15, 0.2) is 0 Å². The van der Waals surface area contributed by atoms with E-state index in [0.29, 0.717) is 11.3 Å². The molecule has 0 saturated carbocycles. The lowest BCUT2D eigenvalue weighted by molar-refractivity contribution is -0.119. The summed E-state index contributed by atoms with van der Waals surface area (Å²) < 4.78 is 0. The van der Waals surface area contributed by atoms with Crippen LogP contribution >= 0.6 is 11.8 Å². The summed E-state index contributed by atoms with van der Waals surface area (Å²) in [6.07, 6.45) is 0.970. The first-order valence-corrected chi connectivity index (χ1v) is 9.07. The normalized spacial score (nSPS) is 15.3. The van der Waals surface area contributed by atoms with Crippen molar-refractivity contribution in [3.63, 3.8) is 0 Å². The monoisotopic (exact) mass is 335 g/mol. The Morgan fingerprint density at radius 3 is 2.83 bits per heavy atom. The van der Waals surface area contributed by atoms with E-state index in [1.807, 2.05) is 43.0 Å². The molecular formula is C17H25N3O2S. The van der Waals surface area contributed by atoms with E-state index in [2.05, 4.69) is 10.6 Å². The van der Waals surface area contributed by atoms with Crippen molar-refractivity contribution in [2.45, 2.75) is 31.2 Å². The molecule has 2 amide bonds. The molecule has 1 aromatic rings. The molecule has 2 N–H and O–H groups in total. The Bertz CT molecular complexity index is 540. The van der Waals surface area contributed by atoms with Crippen molar-refractivity contribution in [2.75, 3.05) is 31.9 Å². The van der Waals surface area contributed by atoms with E-state index in [4.69, 9.17) is 0 Å². The van der Waals surface area contributed by atoms with Crippen LogP contribution in [-0.2, 0) is 4.79 Å². The summed E-state index contributed by atoms with van der Waals surface area (Å²) in [7, 11) is 0. The second-order valence-corrected chi connectivity index (χ2v) is 6.92. The van der Waals surface area contributed by atoms with Crippen LogP contribution in [0.1, 0.15) is 30.6 Å². The van der Waals surface area contributed by atoms with Crippen molar-refractivity contribution in [3.05, 3.63) is 29.8 Å². The third-order valence-electron chi connectivity index (χ3n) is 3.55. The number of rotatable bonds is 5. The second-order valence-electron chi connectivity index (χ2n) is 5.90. The standard InChI is InChI=1S/C17H25N3O2S/c1-13(2)19-16(21)12-23-15-7-4-3-6-14(15)17(22)20-10-5-8-18-9-11-20/h3-4,6-7,13,18H,5,8-12H2,1-2H3,(H,19,21). The van der Waals surface area contributed by atoms with E-state index in [1.165, 1.54) is 11.8 Å². The fourth-order valence-electron chi connectivity index (χ4n) is 2.50. The third-order valence-corrected chi connectivity index (χ3v) is 4.63. The average Bonchev–Trinajstić information content (AvgIpc) is 2.81. The molecule has 23 heavy (non-hydrogen) atoms. The number of thioether (sulfide) groups is 1. The van der Waals surface area contributed by atoms with E-state index in [1.54, 1.807) is 0 Å². The van der Waals surface area contributed by atoms with Gasteiger partial charge in [-0.05, 0) is 38.9 Å². The quantitative estimate of drug-likeness (QED) is 0.805. The topological polar surface area (TPSA) is 61.4 Å². The maximum Gasteiger partial charge on any atom is 0.255 e. The van der Waals surface area contributed by atoms with Gasteiger partial charge < -0.3 is 15.5 Å². The van der Waals surface area contributed by atoms with Crippen LogP contribution in [0.3, 0.4) is 0 Å². The maximum absolute atomic E-state index is 12.8. The Labute approximate surface area is 142 Å². The van der Waals surface area contributed by atoms with Gasteiger partial charge >= 0.3 is 0 Å². The first-order valence-electron chi connectivity index (χ1n) is 8.09. The molecule has 0 atom stereocenters. The Balaban J connectivity index is 2.04. The largest absolute Gasteiger partial charge is 0.353 e. The van der Waals surface area contributed by atoms with Crippen LogP contribution in [-0.4, -0.2) is 54.7 Å². The second kappa shape index (κ2) is 8.93. The molecule has 5 nitrogen and oxygen atoms in total. The SMILES string of the molecule is CC(C)NC(=O)CSc1ccccc1C(=O)N1CCCNCC1. The van der Waals surface area contributed by atoms with E-state index in [-0.39, 0.29) is 17.9 Å². The first kappa shape index (κ1) is 17.8. The number of amides is 2. The summed E-state index contributed by atoms with van der Waals surface area (Å²) in [6, 6.07) is 7.68. The van der Waals surface area contributed by atoms with Gasteiger partial charge in [0, 0.05) is 30.6 Å². The molecule has 0 unspecified atom stereocenters. The lowest BCUT2D eigenvalue weighted by Crippen LogP contribution is -2.34. The average molecular weight is 335 g/mol. The van der Waals surface area contributed by atoms with Crippen molar-refractivity contribution >= 4 is 23.6 Å². The van der Waals surface area contributed by atoms with Crippen LogP contribution in [0.15, 0.2) is 29.2 Å². The van der Waals surface area contributed by atoms with Gasteiger partial charge in [0.25, 0.3) is 5.91 Å². The minimum Gasteiger partial charge on any atom is -0.353 e. The van der Waals surface area contributed by atoms with Gasteiger partial charge in [-0.3, -0.25) is 9.59 Å². The molecule has 1 fully saturated rings. The Morgan fingerprint density at radius 2 is 2.04 bits per heavy atom. The van der Waals surface area contributed by atoms with Crippen molar-refractivity contribution in [2.24, 2.45) is 0 Å². The highest BCUT2D eigenvalue weighted by atomic mass is 32.2. The highest BCUT2D eigenvalue weighted by molar-refractivity contribution is 8.00. The first-order chi connectivity index (χ1) is 11.1. The number of nitrogens with zero attached hydrogens (tertiary/aromatic N) is 1. The summed E-state index contributed by atoms with van der Waals surface area (Å²) in [5.74, 6) is 0.372. The fraction of sp³-hybridized carbons (Fsp3) is 0.529. The van der Waals surface area contributed by atoms with Crippen molar-refractivity contribution in [1.82, 2.24) is 15.5 Å². The Hall–Kier alpha value is -1.53. The predicted octanol–water partition coefficient (Wildman–Crippen LogP) is 1.74. The molecule has 1 heterocycles. The van der Waals surface area contributed by atoms with Crippen LogP contribution in [0.25, 0.3) is 0 Å². The van der Waals surface area contributed by atoms with Gasteiger partial charge in [0.05, 0.1) is 11.3 Å². The summed E-state index contributed by atoms with van der Waals surface area (Å²) in [6.45, 7) is 7.17. The molecule has 0 aromatic heterocycles. The van der Waals surface area contributed by atoms with Crippen LogP contribution < -0.4 is 10.6 Å². The van der Waals surface area contributed by atoms with Gasteiger partial charge in [-0.1, -0.05) is 12.1 Å². The zero-order valence-corrected chi connectivity index (χ0v) is 14.6. The maximum atomic E-state index is 12.8. The van der Waals surface area contributed by atoms with Crippen molar-refractivity contribution in [3.8, 4) is 0 Å². The number of hydrogen-bond donors (Lipinski definition) is 2. The van der Waals surface area contributed by atoms with Gasteiger partial charge in [-0.2, -0.15) is 0 Å². The molecule has 2 rings (SSSR count). The highest BCUT2D eigenvalue weighted by Crippen LogP contribution is 2.24. The van der Waals surface area contributed by atoms with Crippen molar-refractivity contribution in [1.29, 1.82) is 0 Å². The van der Waals surface area contributed by atoms with E-state index < -0.39 is 0 Å². The van der Waals surface area contributed by atoms with Crippen molar-refractivity contribution < 1.29 is 9.59 Å². The number of nitrogens with one attached hydrogen (secondary N) is 2. The molecule has 1 aromatic carbocycles. The summed E-state index contributed by atoms with van der Waals surface area (Å²) >= 11 is 1.42. The molecule has 0 spiro atoms. The smallest absolute Gasteiger partial charge is 0.255 e. The highest BCUT2D eigenvalue weighted by Gasteiger charge is 2.20. The predicted molar refractivity (Wildman–Crippen MR) is 93.8 cm³/mol. The molecule has 0 radical (unpaired) electrons. The van der Waals surface area contributed by atoms with Gasteiger partial charge in [-0.25, -0.2) is 0 Å². The van der Waals surface area contributed by atoms with Crippen LogP contribution in [0.4, 0.5) is 0 Å². The fourth-order valence-corrected chi connectivity index (χ4v) is 3.35. The lowest BCUT2D eigenvalue weighted by Gasteiger charge is -2.21. The zero-order chi connectivity index (χ0) is 16.7. The number of carbonyl (C=O) groups is 2. The molecule has 0 bridgehead atoms. The Morgan fingerprint density at radius 1 is 1.26 bits per heavy atom. The molecule has 0 aliphatic carbocycles. The van der Waals surface area contributed by atoms with Crippen LogP contribution in [0.2, 0.25) is 0 Å². The van der Waals surface area contributed by atoms with Gasteiger partial charge in [0.1, 0.15) is 0 Å². The molecule has 1 aliphatic rings. The van der Waals surface area contributed by atoms with Crippen LogP contribution in [0.5, 0.6) is 0 Å². The number of hydrogen-bond acceptors (Lipinski definition) is 4. The molecule has 6 heteroatoms. The summed E-state index contributed by atoms with van der Waals surface area (Å²) in [5, 5.41) is 6.17. The number of carbonyl (C=O) groups excluding carboxylic acids is 2. The van der Waals surface area contributed by atoms with Gasteiger partial charge in [0.2, 0.25) is 5.91 Å². The van der Waals surface area contributed by atoms with E-state index >= 15 is 0 Å². The van der Waals surface area contributed by atoms with Gasteiger partial charge in [-0.15, -0.1) is 11.8 Å². The molecular weight excluding hydrogens is 310 g/mol. The Kier molecular flexibility index (Phi) is 6.92. The lowest BCUT2D eigenvalue weighted by atomic mass is 10.2. The summed E-state index contributed by atoms with van der Waals surface area (Å²) in [5.41, 5.74) is 0.691. The van der Waals surface area contributed by atoms with E-state index in [0.717, 1.165) is 37.5 Å². The third kappa shape index (κ3) is 5.55. The van der Waals surface area contributed by atoms with E-state index in [9.17, 15) is 9.59 Å². The number of benzene rings is 1. The minimum atomic E-state index is -0.00813.